The van der Waals surface area contributed by atoms with Crippen LogP contribution in [0.25, 0.3) is 0 Å². The van der Waals surface area contributed by atoms with Gasteiger partial charge in [0.1, 0.15) is 0 Å². The highest BCUT2D eigenvalue weighted by molar-refractivity contribution is 5.84. The minimum atomic E-state index is 0.0369. The standard InChI is InChI=1S/C12H22N2O2/c1-3-11-12(15)14(9(2)13-11)6-4-10-5-7-16-8-10/h9-11,13H,3-8H2,1-2H3. The highest BCUT2D eigenvalue weighted by atomic mass is 16.5. The molecular formula is C12H22N2O2. The smallest absolute Gasteiger partial charge is 0.240 e. The second kappa shape index (κ2) is 5.15. The maximum absolute atomic E-state index is 12.0. The summed E-state index contributed by atoms with van der Waals surface area (Å²) in [6, 6.07) is 0.0369. The van der Waals surface area contributed by atoms with Crippen molar-refractivity contribution in [1.82, 2.24) is 10.2 Å². The Labute approximate surface area is 97.3 Å². The van der Waals surface area contributed by atoms with Crippen LogP contribution in [0.1, 0.15) is 33.1 Å². The molecule has 2 rings (SSSR count). The molecule has 1 amide bonds. The van der Waals surface area contributed by atoms with Gasteiger partial charge in [-0.1, -0.05) is 6.92 Å². The van der Waals surface area contributed by atoms with Crippen LogP contribution in [0, 0.1) is 5.92 Å². The summed E-state index contributed by atoms with van der Waals surface area (Å²) in [4.78, 5) is 14.0. The third kappa shape index (κ3) is 2.38. The van der Waals surface area contributed by atoms with Crippen LogP contribution in [0.2, 0.25) is 0 Å². The lowest BCUT2D eigenvalue weighted by atomic mass is 10.0. The fourth-order valence-electron chi connectivity index (χ4n) is 2.57. The lowest BCUT2D eigenvalue weighted by Gasteiger charge is -2.22. The molecule has 2 heterocycles. The summed E-state index contributed by atoms with van der Waals surface area (Å²) < 4.78 is 5.35. The van der Waals surface area contributed by atoms with E-state index in [0.717, 1.165) is 39.0 Å². The maximum Gasteiger partial charge on any atom is 0.240 e. The van der Waals surface area contributed by atoms with Crippen molar-refractivity contribution in [2.75, 3.05) is 19.8 Å². The zero-order valence-electron chi connectivity index (χ0n) is 10.2. The Kier molecular flexibility index (Phi) is 3.82. The number of hydrogen-bond donors (Lipinski definition) is 1. The van der Waals surface area contributed by atoms with E-state index in [4.69, 9.17) is 4.74 Å². The molecule has 0 radical (unpaired) electrons. The maximum atomic E-state index is 12.0. The summed E-state index contributed by atoms with van der Waals surface area (Å²) in [5.41, 5.74) is 0. The number of carbonyl (C=O) groups excluding carboxylic acids is 1. The topological polar surface area (TPSA) is 41.6 Å². The Hall–Kier alpha value is -0.610. The highest BCUT2D eigenvalue weighted by Gasteiger charge is 2.35. The lowest BCUT2D eigenvalue weighted by molar-refractivity contribution is -0.130. The second-order valence-corrected chi connectivity index (χ2v) is 4.85. The number of amides is 1. The normalized spacial score (nSPS) is 35.0. The Morgan fingerprint density at radius 2 is 2.38 bits per heavy atom. The molecular weight excluding hydrogens is 204 g/mol. The summed E-state index contributed by atoms with van der Waals surface area (Å²) in [5.74, 6) is 0.926. The Morgan fingerprint density at radius 1 is 1.56 bits per heavy atom. The van der Waals surface area contributed by atoms with Crippen molar-refractivity contribution in [2.24, 2.45) is 5.92 Å². The van der Waals surface area contributed by atoms with Crippen LogP contribution in [0.5, 0.6) is 0 Å². The second-order valence-electron chi connectivity index (χ2n) is 4.85. The Bertz CT molecular complexity index is 251. The number of rotatable bonds is 4. The SMILES string of the molecule is CCC1NC(C)N(CCC2CCOC2)C1=O. The zero-order chi connectivity index (χ0) is 11.5. The predicted octanol–water partition coefficient (Wildman–Crippen LogP) is 0.969. The summed E-state index contributed by atoms with van der Waals surface area (Å²) in [6.45, 7) is 6.76. The average molecular weight is 226 g/mol. The summed E-state index contributed by atoms with van der Waals surface area (Å²) in [7, 11) is 0. The van der Waals surface area contributed by atoms with Crippen molar-refractivity contribution in [3.05, 3.63) is 0 Å². The molecule has 0 aliphatic carbocycles. The van der Waals surface area contributed by atoms with E-state index in [1.54, 1.807) is 0 Å². The van der Waals surface area contributed by atoms with Crippen LogP contribution < -0.4 is 5.32 Å². The van der Waals surface area contributed by atoms with Crippen molar-refractivity contribution < 1.29 is 9.53 Å². The molecule has 0 aromatic heterocycles. The van der Waals surface area contributed by atoms with Crippen molar-refractivity contribution in [1.29, 1.82) is 0 Å². The third-order valence-corrected chi connectivity index (χ3v) is 3.70. The first-order valence-corrected chi connectivity index (χ1v) is 6.36. The summed E-state index contributed by atoms with van der Waals surface area (Å²) in [6.07, 6.45) is 3.31. The van der Waals surface area contributed by atoms with Gasteiger partial charge in [0, 0.05) is 19.8 Å². The van der Waals surface area contributed by atoms with E-state index < -0.39 is 0 Å². The van der Waals surface area contributed by atoms with Gasteiger partial charge < -0.3 is 9.64 Å². The van der Waals surface area contributed by atoms with Gasteiger partial charge in [-0.2, -0.15) is 0 Å². The lowest BCUT2D eigenvalue weighted by Crippen LogP contribution is -2.36. The van der Waals surface area contributed by atoms with E-state index in [9.17, 15) is 4.79 Å². The van der Waals surface area contributed by atoms with Gasteiger partial charge in [-0.3, -0.25) is 10.1 Å². The Balaban J connectivity index is 1.82. The predicted molar refractivity (Wildman–Crippen MR) is 61.9 cm³/mol. The van der Waals surface area contributed by atoms with Crippen LogP contribution in [-0.2, 0) is 9.53 Å². The molecule has 1 N–H and O–H groups in total. The van der Waals surface area contributed by atoms with Crippen molar-refractivity contribution >= 4 is 5.91 Å². The first-order valence-electron chi connectivity index (χ1n) is 6.36. The molecule has 4 nitrogen and oxygen atoms in total. The monoisotopic (exact) mass is 226 g/mol. The Morgan fingerprint density at radius 3 is 2.94 bits per heavy atom. The van der Waals surface area contributed by atoms with Gasteiger partial charge in [0.05, 0.1) is 12.2 Å². The molecule has 92 valence electrons. The van der Waals surface area contributed by atoms with Gasteiger partial charge in [-0.15, -0.1) is 0 Å². The summed E-state index contributed by atoms with van der Waals surface area (Å²) in [5, 5.41) is 3.32. The fraction of sp³-hybridized carbons (Fsp3) is 0.917. The highest BCUT2D eigenvalue weighted by Crippen LogP contribution is 2.19. The molecule has 3 atom stereocenters. The van der Waals surface area contributed by atoms with Gasteiger partial charge in [0.2, 0.25) is 5.91 Å². The van der Waals surface area contributed by atoms with Crippen molar-refractivity contribution in [3.8, 4) is 0 Å². The number of nitrogens with zero attached hydrogens (tertiary/aromatic N) is 1. The number of ether oxygens (including phenoxy) is 1. The molecule has 2 fully saturated rings. The van der Waals surface area contributed by atoms with Crippen LogP contribution >= 0.6 is 0 Å². The first-order chi connectivity index (χ1) is 7.72. The molecule has 16 heavy (non-hydrogen) atoms. The van der Waals surface area contributed by atoms with E-state index in [2.05, 4.69) is 19.2 Å². The molecule has 0 saturated carbocycles. The minimum Gasteiger partial charge on any atom is -0.381 e. The molecule has 2 aliphatic rings. The van der Waals surface area contributed by atoms with Gasteiger partial charge in [-0.25, -0.2) is 0 Å². The molecule has 3 unspecified atom stereocenters. The molecule has 2 aliphatic heterocycles. The van der Waals surface area contributed by atoms with Crippen molar-refractivity contribution in [2.45, 2.75) is 45.3 Å². The molecule has 2 saturated heterocycles. The average Bonchev–Trinajstić information content (AvgIpc) is 2.86. The summed E-state index contributed by atoms with van der Waals surface area (Å²) >= 11 is 0. The van der Waals surface area contributed by atoms with Crippen LogP contribution in [-0.4, -0.2) is 42.8 Å². The number of nitrogens with one attached hydrogen (secondary N) is 1. The van der Waals surface area contributed by atoms with Crippen LogP contribution in [0.3, 0.4) is 0 Å². The number of carbonyl (C=O) groups is 1. The largest absolute Gasteiger partial charge is 0.381 e. The van der Waals surface area contributed by atoms with Gasteiger partial charge >= 0.3 is 0 Å². The third-order valence-electron chi connectivity index (χ3n) is 3.70. The van der Waals surface area contributed by atoms with Crippen LogP contribution in [0.4, 0.5) is 0 Å². The molecule has 0 aromatic carbocycles. The zero-order valence-corrected chi connectivity index (χ0v) is 10.2. The van der Waals surface area contributed by atoms with E-state index in [1.807, 2.05) is 4.90 Å². The molecule has 4 heteroatoms. The quantitative estimate of drug-likeness (QED) is 0.776. The van der Waals surface area contributed by atoms with Gasteiger partial charge in [0.15, 0.2) is 0 Å². The first kappa shape index (κ1) is 11.9. The van der Waals surface area contributed by atoms with E-state index in [1.165, 1.54) is 0 Å². The molecule has 0 aromatic rings. The molecule has 0 bridgehead atoms. The fourth-order valence-corrected chi connectivity index (χ4v) is 2.57. The van der Waals surface area contributed by atoms with E-state index in [0.29, 0.717) is 5.92 Å². The number of hydrogen-bond acceptors (Lipinski definition) is 3. The van der Waals surface area contributed by atoms with Gasteiger partial charge in [0.25, 0.3) is 0 Å². The van der Waals surface area contributed by atoms with Gasteiger partial charge in [-0.05, 0) is 32.1 Å². The van der Waals surface area contributed by atoms with E-state index in [-0.39, 0.29) is 18.1 Å². The van der Waals surface area contributed by atoms with E-state index >= 15 is 0 Å². The minimum absolute atomic E-state index is 0.0369. The van der Waals surface area contributed by atoms with Crippen molar-refractivity contribution in [3.63, 3.8) is 0 Å². The van der Waals surface area contributed by atoms with Crippen LogP contribution in [0.15, 0.2) is 0 Å². The molecule has 0 spiro atoms.